The van der Waals surface area contributed by atoms with Crippen molar-refractivity contribution >= 4 is 29.0 Å². The molecule has 3 rings (SSSR count). The molecule has 1 saturated heterocycles. The van der Waals surface area contributed by atoms with Crippen LogP contribution in [0.3, 0.4) is 0 Å². The fraction of sp³-hybridized carbons (Fsp3) is 0.412. The maximum absolute atomic E-state index is 11.5. The molecular weight excluding hydrogens is 336 g/mol. The number of nitrogen functional groups attached to an aromatic ring is 1. The second kappa shape index (κ2) is 7.12. The van der Waals surface area contributed by atoms with Crippen LogP contribution in [0.4, 0.5) is 29.0 Å². The smallest absolute Gasteiger partial charge is 0.353 e. The van der Waals surface area contributed by atoms with Gasteiger partial charge in [0.15, 0.2) is 0 Å². The van der Waals surface area contributed by atoms with E-state index in [1.54, 1.807) is 0 Å². The Morgan fingerprint density at radius 1 is 1.31 bits per heavy atom. The number of aromatic nitrogens is 2. The summed E-state index contributed by atoms with van der Waals surface area (Å²) in [6.45, 7) is 7.04. The first-order valence-corrected chi connectivity index (χ1v) is 8.39. The molecule has 9 heteroatoms. The van der Waals surface area contributed by atoms with Crippen LogP contribution in [0.5, 0.6) is 0 Å². The molecule has 0 aliphatic carbocycles. The van der Waals surface area contributed by atoms with Gasteiger partial charge < -0.3 is 20.7 Å². The van der Waals surface area contributed by atoms with Crippen molar-refractivity contribution in [3.63, 3.8) is 0 Å². The lowest BCUT2D eigenvalue weighted by atomic mass is 10.2. The van der Waals surface area contributed by atoms with Crippen LogP contribution in [-0.4, -0.2) is 40.2 Å². The number of nitrogens with two attached hydrogens (primary N) is 1. The molecule has 1 fully saturated rings. The van der Waals surface area contributed by atoms with Crippen LogP contribution in [-0.2, 0) is 4.74 Å². The number of ether oxygens (including phenoxy) is 1. The van der Waals surface area contributed by atoms with E-state index in [9.17, 15) is 10.1 Å². The minimum absolute atomic E-state index is 0.00643. The number of benzene rings is 1. The van der Waals surface area contributed by atoms with Crippen LogP contribution in [0.15, 0.2) is 24.3 Å². The number of aryl methyl sites for hydroxylation is 1. The molecule has 0 bridgehead atoms. The van der Waals surface area contributed by atoms with Crippen LogP contribution in [0.1, 0.15) is 19.4 Å². The Labute approximate surface area is 151 Å². The average Bonchev–Trinajstić information content (AvgIpc) is 2.53. The van der Waals surface area contributed by atoms with Gasteiger partial charge in [-0.15, -0.1) is 0 Å². The van der Waals surface area contributed by atoms with Crippen LogP contribution in [0.25, 0.3) is 0 Å². The Morgan fingerprint density at radius 3 is 2.62 bits per heavy atom. The summed E-state index contributed by atoms with van der Waals surface area (Å²) in [6, 6.07) is 7.49. The van der Waals surface area contributed by atoms with Crippen molar-refractivity contribution in [2.24, 2.45) is 0 Å². The predicted molar refractivity (Wildman–Crippen MR) is 99.8 cm³/mol. The van der Waals surface area contributed by atoms with Gasteiger partial charge in [0.1, 0.15) is 0 Å². The van der Waals surface area contributed by atoms with E-state index >= 15 is 0 Å². The average molecular weight is 358 g/mol. The van der Waals surface area contributed by atoms with Crippen LogP contribution < -0.4 is 16.0 Å². The van der Waals surface area contributed by atoms with E-state index in [0.717, 1.165) is 5.56 Å². The van der Waals surface area contributed by atoms with Gasteiger partial charge in [-0.1, -0.05) is 12.1 Å². The molecule has 0 amide bonds. The Bertz CT molecular complexity index is 818. The maximum Gasteiger partial charge on any atom is 0.353 e. The molecule has 2 atom stereocenters. The summed E-state index contributed by atoms with van der Waals surface area (Å²) < 4.78 is 5.72. The van der Waals surface area contributed by atoms with Gasteiger partial charge in [0.25, 0.3) is 0 Å². The summed E-state index contributed by atoms with van der Waals surface area (Å²) in [5.74, 6) is 0.266. The number of morpholine rings is 1. The molecule has 1 aromatic carbocycles. The largest absolute Gasteiger partial charge is 0.378 e. The highest BCUT2D eigenvalue weighted by molar-refractivity contribution is 5.74. The number of anilines is 4. The van der Waals surface area contributed by atoms with Gasteiger partial charge in [0.05, 0.1) is 17.1 Å². The Morgan fingerprint density at radius 2 is 2.00 bits per heavy atom. The first kappa shape index (κ1) is 17.9. The van der Waals surface area contributed by atoms with E-state index in [1.807, 2.05) is 49.9 Å². The van der Waals surface area contributed by atoms with E-state index in [0.29, 0.717) is 24.7 Å². The van der Waals surface area contributed by atoms with Gasteiger partial charge in [-0.05, 0) is 38.5 Å². The van der Waals surface area contributed by atoms with Crippen molar-refractivity contribution in [3.8, 4) is 0 Å². The number of hydrogen-bond donors (Lipinski definition) is 2. The fourth-order valence-corrected chi connectivity index (χ4v) is 3.07. The molecule has 138 valence electrons. The second-order valence-electron chi connectivity index (χ2n) is 6.52. The van der Waals surface area contributed by atoms with Crippen molar-refractivity contribution in [1.29, 1.82) is 0 Å². The molecule has 1 aliphatic heterocycles. The van der Waals surface area contributed by atoms with Crippen LogP contribution in [0, 0.1) is 17.0 Å². The molecule has 0 radical (unpaired) electrons. The number of rotatable bonds is 4. The zero-order valence-electron chi connectivity index (χ0n) is 15.0. The number of hydrogen-bond acceptors (Lipinski definition) is 8. The van der Waals surface area contributed by atoms with Crippen LogP contribution in [0.2, 0.25) is 0 Å². The van der Waals surface area contributed by atoms with E-state index < -0.39 is 4.92 Å². The lowest BCUT2D eigenvalue weighted by molar-refractivity contribution is -0.383. The topological polar surface area (TPSA) is 119 Å². The fourth-order valence-electron chi connectivity index (χ4n) is 3.07. The van der Waals surface area contributed by atoms with Crippen molar-refractivity contribution in [3.05, 3.63) is 39.9 Å². The minimum atomic E-state index is -0.568. The minimum Gasteiger partial charge on any atom is -0.378 e. The Balaban J connectivity index is 2.00. The van der Waals surface area contributed by atoms with Gasteiger partial charge >= 0.3 is 5.69 Å². The normalized spacial score (nSPS) is 20.0. The summed E-state index contributed by atoms with van der Waals surface area (Å²) in [7, 11) is 0. The van der Waals surface area contributed by atoms with E-state index in [-0.39, 0.29) is 29.5 Å². The lowest BCUT2D eigenvalue weighted by Gasteiger charge is -2.35. The molecule has 0 unspecified atom stereocenters. The van der Waals surface area contributed by atoms with Gasteiger partial charge in [-0.2, -0.15) is 9.97 Å². The highest BCUT2D eigenvalue weighted by Gasteiger charge is 2.29. The third kappa shape index (κ3) is 3.83. The molecule has 1 aliphatic rings. The molecule has 0 spiro atoms. The molecule has 3 N–H and O–H groups in total. The van der Waals surface area contributed by atoms with E-state index in [1.165, 1.54) is 0 Å². The van der Waals surface area contributed by atoms with E-state index in [4.69, 9.17) is 10.5 Å². The van der Waals surface area contributed by atoms with Crippen molar-refractivity contribution in [2.45, 2.75) is 33.0 Å². The zero-order valence-corrected chi connectivity index (χ0v) is 15.0. The molecule has 26 heavy (non-hydrogen) atoms. The highest BCUT2D eigenvalue weighted by Crippen LogP contribution is 2.33. The third-order valence-corrected chi connectivity index (χ3v) is 4.07. The molecule has 0 saturated carbocycles. The predicted octanol–water partition coefficient (Wildman–Crippen LogP) is 2.63. The number of nitrogens with zero attached hydrogens (tertiary/aromatic N) is 4. The first-order chi connectivity index (χ1) is 12.3. The third-order valence-electron chi connectivity index (χ3n) is 4.07. The lowest BCUT2D eigenvalue weighted by Crippen LogP contribution is -2.46. The van der Waals surface area contributed by atoms with Gasteiger partial charge in [-0.25, -0.2) is 0 Å². The number of nitrogens with one attached hydrogen (secondary N) is 1. The molecule has 2 aromatic rings. The van der Waals surface area contributed by atoms with Crippen molar-refractivity contribution in [1.82, 2.24) is 9.97 Å². The SMILES string of the molecule is Cc1cccc(Nc2nc(N3C[C@H](C)O[C@@H](C)C3)nc(N)c2[N+](=O)[O-])c1. The summed E-state index contributed by atoms with van der Waals surface area (Å²) in [4.78, 5) is 21.4. The van der Waals surface area contributed by atoms with Crippen LogP contribution >= 0.6 is 0 Å². The van der Waals surface area contributed by atoms with Crippen molar-refractivity contribution < 1.29 is 9.66 Å². The summed E-state index contributed by atoms with van der Waals surface area (Å²) >= 11 is 0. The van der Waals surface area contributed by atoms with Crippen molar-refractivity contribution in [2.75, 3.05) is 29.0 Å². The first-order valence-electron chi connectivity index (χ1n) is 8.39. The Kier molecular flexibility index (Phi) is 4.90. The second-order valence-corrected chi connectivity index (χ2v) is 6.52. The highest BCUT2D eigenvalue weighted by atomic mass is 16.6. The molecule has 9 nitrogen and oxygen atoms in total. The standard InChI is InChI=1S/C17H22N6O3/c1-10-5-4-6-13(7-10)19-16-14(23(24)25)15(18)20-17(21-16)22-8-11(2)26-12(3)9-22/h4-7,11-12H,8-9H2,1-3H3,(H3,18,19,20,21)/t11-,12-/m0/s1. The molecular formula is C17H22N6O3. The van der Waals surface area contributed by atoms with Gasteiger partial charge in [0.2, 0.25) is 17.6 Å². The quantitative estimate of drug-likeness (QED) is 0.632. The number of nitro groups is 1. The maximum atomic E-state index is 11.5. The summed E-state index contributed by atoms with van der Waals surface area (Å²) in [6.07, 6.45) is 0.0129. The summed E-state index contributed by atoms with van der Waals surface area (Å²) in [5.41, 5.74) is 7.28. The van der Waals surface area contributed by atoms with E-state index in [2.05, 4.69) is 15.3 Å². The Hall–Kier alpha value is -2.94. The monoisotopic (exact) mass is 358 g/mol. The van der Waals surface area contributed by atoms with Gasteiger partial charge in [-0.3, -0.25) is 10.1 Å². The summed E-state index contributed by atoms with van der Waals surface area (Å²) in [5, 5.41) is 14.5. The zero-order chi connectivity index (χ0) is 18.8. The molecule has 2 heterocycles. The van der Waals surface area contributed by atoms with Gasteiger partial charge in [0, 0.05) is 18.8 Å². The molecule has 1 aromatic heterocycles.